The van der Waals surface area contributed by atoms with Crippen LogP contribution in [0.15, 0.2) is 33.6 Å². The molecular formula is C12H16BrNO2S. The van der Waals surface area contributed by atoms with Crippen molar-refractivity contribution in [3.8, 4) is 0 Å². The highest BCUT2D eigenvalue weighted by Gasteiger charge is 2.03. The first-order chi connectivity index (χ1) is 8.08. The minimum absolute atomic E-state index is 0.112. The number of hydrogen-bond donors (Lipinski definition) is 1. The molecule has 0 unspecified atom stereocenters. The summed E-state index contributed by atoms with van der Waals surface area (Å²) in [4.78, 5) is 17.5. The Labute approximate surface area is 114 Å². The SMILES string of the molecule is CC(C)CONC(=O)CSc1ccc(Br)cc1. The monoisotopic (exact) mass is 317 g/mol. The number of nitrogens with one attached hydrogen (secondary N) is 1. The molecule has 0 aliphatic heterocycles. The normalized spacial score (nSPS) is 10.6. The van der Waals surface area contributed by atoms with E-state index >= 15 is 0 Å². The highest BCUT2D eigenvalue weighted by atomic mass is 79.9. The van der Waals surface area contributed by atoms with Gasteiger partial charge in [-0.3, -0.25) is 9.63 Å². The number of halogens is 1. The molecule has 0 aliphatic rings. The summed E-state index contributed by atoms with van der Waals surface area (Å²) in [6.45, 7) is 4.60. The van der Waals surface area contributed by atoms with Crippen LogP contribution in [0.25, 0.3) is 0 Å². The first-order valence-electron chi connectivity index (χ1n) is 5.37. The lowest BCUT2D eigenvalue weighted by Gasteiger charge is -2.07. The van der Waals surface area contributed by atoms with Gasteiger partial charge in [0.15, 0.2) is 0 Å². The van der Waals surface area contributed by atoms with Crippen molar-refractivity contribution in [2.24, 2.45) is 5.92 Å². The summed E-state index contributed by atoms with van der Waals surface area (Å²) >= 11 is 4.85. The van der Waals surface area contributed by atoms with Gasteiger partial charge in [-0.05, 0) is 30.2 Å². The molecule has 0 fully saturated rings. The average Bonchev–Trinajstić information content (AvgIpc) is 2.28. The number of carbonyl (C=O) groups excluding carboxylic acids is 1. The number of rotatable bonds is 6. The van der Waals surface area contributed by atoms with Crippen molar-refractivity contribution >= 4 is 33.6 Å². The average molecular weight is 318 g/mol. The van der Waals surface area contributed by atoms with Crippen molar-refractivity contribution in [3.63, 3.8) is 0 Å². The molecule has 1 amide bonds. The summed E-state index contributed by atoms with van der Waals surface area (Å²) in [6.07, 6.45) is 0. The summed E-state index contributed by atoms with van der Waals surface area (Å²) in [5.74, 6) is 0.660. The van der Waals surface area contributed by atoms with E-state index in [-0.39, 0.29) is 5.91 Å². The third-order valence-electron chi connectivity index (χ3n) is 1.79. The van der Waals surface area contributed by atoms with E-state index in [1.807, 2.05) is 38.1 Å². The molecule has 0 heterocycles. The van der Waals surface area contributed by atoms with Crippen molar-refractivity contribution in [1.29, 1.82) is 0 Å². The lowest BCUT2D eigenvalue weighted by Crippen LogP contribution is -2.27. The van der Waals surface area contributed by atoms with Crippen molar-refractivity contribution in [2.75, 3.05) is 12.4 Å². The number of carbonyl (C=O) groups is 1. The molecule has 0 aromatic heterocycles. The molecule has 0 radical (unpaired) electrons. The Kier molecular flexibility index (Phi) is 6.62. The molecule has 1 aromatic carbocycles. The lowest BCUT2D eigenvalue weighted by molar-refractivity contribution is -0.131. The van der Waals surface area contributed by atoms with Gasteiger partial charge >= 0.3 is 0 Å². The molecule has 1 aromatic rings. The van der Waals surface area contributed by atoms with Gasteiger partial charge < -0.3 is 0 Å². The molecule has 1 N–H and O–H groups in total. The highest BCUT2D eigenvalue weighted by Crippen LogP contribution is 2.20. The Morgan fingerprint density at radius 2 is 2.06 bits per heavy atom. The Morgan fingerprint density at radius 1 is 1.41 bits per heavy atom. The topological polar surface area (TPSA) is 38.3 Å². The van der Waals surface area contributed by atoms with Crippen LogP contribution in [0.5, 0.6) is 0 Å². The molecule has 17 heavy (non-hydrogen) atoms. The Bertz CT molecular complexity index is 354. The summed E-state index contributed by atoms with van der Waals surface area (Å²) < 4.78 is 1.03. The van der Waals surface area contributed by atoms with Crippen LogP contribution in [0, 0.1) is 5.92 Å². The number of benzene rings is 1. The number of hydroxylamine groups is 1. The van der Waals surface area contributed by atoms with E-state index in [1.165, 1.54) is 11.8 Å². The van der Waals surface area contributed by atoms with Crippen LogP contribution in [-0.4, -0.2) is 18.3 Å². The van der Waals surface area contributed by atoms with E-state index in [1.54, 1.807) is 0 Å². The zero-order valence-corrected chi connectivity index (χ0v) is 12.3. The van der Waals surface area contributed by atoms with Gasteiger partial charge in [-0.2, -0.15) is 0 Å². The Balaban J connectivity index is 2.21. The lowest BCUT2D eigenvalue weighted by atomic mass is 10.2. The van der Waals surface area contributed by atoms with Crippen LogP contribution in [0.1, 0.15) is 13.8 Å². The molecule has 0 atom stereocenters. The zero-order chi connectivity index (χ0) is 12.7. The largest absolute Gasteiger partial charge is 0.273 e. The summed E-state index contributed by atoms with van der Waals surface area (Å²) in [7, 11) is 0. The van der Waals surface area contributed by atoms with Gasteiger partial charge in [0, 0.05) is 9.37 Å². The fraction of sp³-hybridized carbons (Fsp3) is 0.417. The third-order valence-corrected chi connectivity index (χ3v) is 3.33. The predicted octanol–water partition coefficient (Wildman–Crippen LogP) is 3.25. The van der Waals surface area contributed by atoms with E-state index in [0.29, 0.717) is 18.3 Å². The minimum atomic E-state index is -0.112. The second-order valence-electron chi connectivity index (χ2n) is 3.97. The maximum atomic E-state index is 11.4. The van der Waals surface area contributed by atoms with Crippen LogP contribution in [-0.2, 0) is 9.63 Å². The van der Waals surface area contributed by atoms with Crippen molar-refractivity contribution in [2.45, 2.75) is 18.7 Å². The van der Waals surface area contributed by atoms with Gasteiger partial charge in [0.1, 0.15) is 0 Å². The fourth-order valence-electron chi connectivity index (χ4n) is 0.998. The van der Waals surface area contributed by atoms with Gasteiger partial charge in [-0.1, -0.05) is 29.8 Å². The van der Waals surface area contributed by atoms with E-state index in [0.717, 1.165) is 9.37 Å². The molecule has 0 aliphatic carbocycles. The molecule has 0 bridgehead atoms. The molecule has 0 saturated carbocycles. The quantitative estimate of drug-likeness (QED) is 0.646. The number of thioether (sulfide) groups is 1. The molecule has 0 saturated heterocycles. The summed E-state index contributed by atoms with van der Waals surface area (Å²) in [5.41, 5.74) is 2.43. The Morgan fingerprint density at radius 3 is 2.65 bits per heavy atom. The van der Waals surface area contributed by atoms with Crippen LogP contribution < -0.4 is 5.48 Å². The fourth-order valence-corrected chi connectivity index (χ4v) is 1.95. The number of amides is 1. The van der Waals surface area contributed by atoms with Crippen molar-refractivity contribution < 1.29 is 9.63 Å². The third kappa shape index (κ3) is 6.71. The zero-order valence-electron chi connectivity index (χ0n) is 9.90. The van der Waals surface area contributed by atoms with Crippen LogP contribution in [0.4, 0.5) is 0 Å². The second-order valence-corrected chi connectivity index (χ2v) is 5.94. The molecule has 1 rings (SSSR count). The molecular weight excluding hydrogens is 302 g/mol. The summed E-state index contributed by atoms with van der Waals surface area (Å²) in [5, 5.41) is 0. The number of hydrogen-bond acceptors (Lipinski definition) is 3. The Hall–Kier alpha value is -0.520. The first-order valence-corrected chi connectivity index (χ1v) is 7.15. The van der Waals surface area contributed by atoms with Crippen LogP contribution in [0.2, 0.25) is 0 Å². The van der Waals surface area contributed by atoms with E-state index in [4.69, 9.17) is 4.84 Å². The van der Waals surface area contributed by atoms with Crippen LogP contribution >= 0.6 is 27.7 Å². The highest BCUT2D eigenvalue weighted by molar-refractivity contribution is 9.10. The maximum Gasteiger partial charge on any atom is 0.253 e. The van der Waals surface area contributed by atoms with Gasteiger partial charge in [0.25, 0.3) is 5.91 Å². The molecule has 3 nitrogen and oxygen atoms in total. The maximum absolute atomic E-state index is 11.4. The van der Waals surface area contributed by atoms with E-state index < -0.39 is 0 Å². The van der Waals surface area contributed by atoms with E-state index in [9.17, 15) is 4.79 Å². The molecule has 94 valence electrons. The minimum Gasteiger partial charge on any atom is -0.273 e. The second kappa shape index (κ2) is 7.74. The van der Waals surface area contributed by atoms with Crippen molar-refractivity contribution in [1.82, 2.24) is 5.48 Å². The smallest absolute Gasteiger partial charge is 0.253 e. The van der Waals surface area contributed by atoms with Gasteiger partial charge in [-0.15, -0.1) is 11.8 Å². The van der Waals surface area contributed by atoms with Gasteiger partial charge in [-0.25, -0.2) is 5.48 Å². The van der Waals surface area contributed by atoms with Gasteiger partial charge in [0.05, 0.1) is 12.4 Å². The summed E-state index contributed by atoms with van der Waals surface area (Å²) in [6, 6.07) is 7.85. The molecule has 0 spiro atoms. The standard InChI is InChI=1S/C12H16BrNO2S/c1-9(2)7-16-14-12(15)8-17-11-5-3-10(13)4-6-11/h3-6,9H,7-8H2,1-2H3,(H,14,15). The van der Waals surface area contributed by atoms with E-state index in [2.05, 4.69) is 21.4 Å². The first kappa shape index (κ1) is 14.5. The predicted molar refractivity (Wildman–Crippen MR) is 73.8 cm³/mol. The van der Waals surface area contributed by atoms with Crippen LogP contribution in [0.3, 0.4) is 0 Å². The van der Waals surface area contributed by atoms with Gasteiger partial charge in [0.2, 0.25) is 0 Å². The molecule has 5 heteroatoms. The van der Waals surface area contributed by atoms with Crippen molar-refractivity contribution in [3.05, 3.63) is 28.7 Å².